The molecule has 1 aliphatic carbocycles. The van der Waals surface area contributed by atoms with Crippen molar-refractivity contribution in [3.8, 4) is 5.75 Å². The molecule has 0 saturated heterocycles. The van der Waals surface area contributed by atoms with E-state index in [9.17, 15) is 18.0 Å². The van der Waals surface area contributed by atoms with E-state index in [4.69, 9.17) is 15.1 Å². The summed E-state index contributed by atoms with van der Waals surface area (Å²) in [6.45, 7) is 8.68. The van der Waals surface area contributed by atoms with Gasteiger partial charge in [0.05, 0.1) is 11.9 Å². The molecule has 1 aliphatic rings. The van der Waals surface area contributed by atoms with Crippen LogP contribution in [0, 0.1) is 18.3 Å². The number of carboxylic acid groups (broad SMARTS) is 1. The van der Waals surface area contributed by atoms with Crippen LogP contribution in [0.5, 0.6) is 5.75 Å². The van der Waals surface area contributed by atoms with Gasteiger partial charge in [-0.3, -0.25) is 4.79 Å². The minimum absolute atomic E-state index is 0.0220. The molecule has 2 atom stereocenters. The zero-order chi connectivity index (χ0) is 26.3. The van der Waals surface area contributed by atoms with Crippen LogP contribution < -0.4 is 10.1 Å². The van der Waals surface area contributed by atoms with Crippen LogP contribution in [0.15, 0.2) is 30.3 Å². The maximum absolute atomic E-state index is 12.5. The van der Waals surface area contributed by atoms with Crippen LogP contribution in [0.3, 0.4) is 0 Å². The Morgan fingerprint density at radius 2 is 1.92 bits per heavy atom. The van der Waals surface area contributed by atoms with Crippen LogP contribution in [0.1, 0.15) is 63.8 Å². The molecule has 2 unspecified atom stereocenters. The lowest BCUT2D eigenvalue weighted by atomic mass is 9.70. The fraction of sp³-hybridized carbons (Fsp3) is 0.500. The standard InChI is InChI=1S/C26H31F3N4O3/c1-15-11-18(14-25(3,4)13-15)33-21-12-16(2)20(9-10-22(34)35)31-23(21)32-24(33)30-17-5-7-19(8-6-17)36-26(27,28)29/h5-8,12,15,18H,9-11,13-14H2,1-4H3,(H,34,35)(H,30,31,32). The highest BCUT2D eigenvalue weighted by molar-refractivity contribution is 5.78. The summed E-state index contributed by atoms with van der Waals surface area (Å²) in [4.78, 5) is 20.5. The molecule has 3 aromatic rings. The number of rotatable bonds is 7. The molecule has 4 rings (SSSR count). The van der Waals surface area contributed by atoms with Crippen LogP contribution in [0.25, 0.3) is 11.2 Å². The minimum atomic E-state index is -4.75. The highest BCUT2D eigenvalue weighted by atomic mass is 19.4. The lowest BCUT2D eigenvalue weighted by molar-refractivity contribution is -0.274. The number of nitrogens with one attached hydrogen (secondary N) is 1. The Balaban J connectivity index is 1.74. The van der Waals surface area contributed by atoms with Gasteiger partial charge < -0.3 is 19.7 Å². The van der Waals surface area contributed by atoms with E-state index in [0.717, 1.165) is 30.3 Å². The fourth-order valence-electron chi connectivity index (χ4n) is 5.45. The van der Waals surface area contributed by atoms with Crippen LogP contribution >= 0.6 is 0 Å². The highest BCUT2D eigenvalue weighted by Crippen LogP contribution is 2.46. The second kappa shape index (κ2) is 9.63. The van der Waals surface area contributed by atoms with Gasteiger partial charge in [0.2, 0.25) is 5.95 Å². The van der Waals surface area contributed by atoms with Crippen molar-refractivity contribution in [2.45, 2.75) is 72.2 Å². The molecule has 7 nitrogen and oxygen atoms in total. The highest BCUT2D eigenvalue weighted by Gasteiger charge is 2.35. The van der Waals surface area contributed by atoms with Crippen molar-refractivity contribution in [2.24, 2.45) is 11.3 Å². The quantitative estimate of drug-likeness (QED) is 0.368. The number of alkyl halides is 3. The van der Waals surface area contributed by atoms with E-state index in [2.05, 4.69) is 35.4 Å². The average Bonchev–Trinajstić information content (AvgIpc) is 3.07. The van der Waals surface area contributed by atoms with E-state index in [1.807, 2.05) is 13.0 Å². The number of halogens is 3. The van der Waals surface area contributed by atoms with Gasteiger partial charge >= 0.3 is 12.3 Å². The summed E-state index contributed by atoms with van der Waals surface area (Å²) < 4.78 is 43.7. The number of ether oxygens (including phenoxy) is 1. The van der Waals surface area contributed by atoms with E-state index >= 15 is 0 Å². The van der Waals surface area contributed by atoms with Gasteiger partial charge in [-0.25, -0.2) is 4.98 Å². The topological polar surface area (TPSA) is 89.3 Å². The van der Waals surface area contributed by atoms with Crippen molar-refractivity contribution in [1.82, 2.24) is 14.5 Å². The molecule has 0 amide bonds. The molecule has 0 bridgehead atoms. The molecule has 0 aliphatic heterocycles. The zero-order valence-corrected chi connectivity index (χ0v) is 20.8. The fourth-order valence-corrected chi connectivity index (χ4v) is 5.45. The lowest BCUT2D eigenvalue weighted by Gasteiger charge is -2.40. The van der Waals surface area contributed by atoms with E-state index in [1.54, 1.807) is 0 Å². The molecule has 0 radical (unpaired) electrons. The van der Waals surface area contributed by atoms with E-state index < -0.39 is 12.3 Å². The third kappa shape index (κ3) is 6.09. The Kier molecular flexibility index (Phi) is 6.90. The van der Waals surface area contributed by atoms with Gasteiger partial charge in [0.15, 0.2) is 5.65 Å². The van der Waals surface area contributed by atoms with Crippen molar-refractivity contribution >= 4 is 28.8 Å². The number of fused-ring (bicyclic) bond motifs is 1. The van der Waals surface area contributed by atoms with Crippen molar-refractivity contribution < 1.29 is 27.8 Å². The molecular weight excluding hydrogens is 473 g/mol. The Bertz CT molecular complexity index is 1250. The lowest BCUT2D eigenvalue weighted by Crippen LogP contribution is -2.29. The van der Waals surface area contributed by atoms with E-state index in [0.29, 0.717) is 35.3 Å². The predicted molar refractivity (Wildman–Crippen MR) is 130 cm³/mol. The Hall–Kier alpha value is -3.30. The summed E-state index contributed by atoms with van der Waals surface area (Å²) in [5.41, 5.74) is 3.64. The number of carboxylic acids is 1. The number of imidazole rings is 1. The number of aliphatic carboxylic acids is 1. The van der Waals surface area contributed by atoms with Gasteiger partial charge in [-0.1, -0.05) is 20.8 Å². The van der Waals surface area contributed by atoms with Crippen LogP contribution in [0.2, 0.25) is 0 Å². The molecular formula is C26H31F3N4O3. The first-order valence-electron chi connectivity index (χ1n) is 12.0. The zero-order valence-electron chi connectivity index (χ0n) is 20.8. The average molecular weight is 505 g/mol. The van der Waals surface area contributed by atoms with Crippen LogP contribution in [-0.4, -0.2) is 32.0 Å². The minimum Gasteiger partial charge on any atom is -0.481 e. The number of hydrogen-bond acceptors (Lipinski definition) is 5. The third-order valence-corrected chi connectivity index (χ3v) is 6.63. The molecule has 2 heterocycles. The van der Waals surface area contributed by atoms with Crippen molar-refractivity contribution in [3.05, 3.63) is 41.6 Å². The summed E-state index contributed by atoms with van der Waals surface area (Å²) >= 11 is 0. The molecule has 36 heavy (non-hydrogen) atoms. The number of pyridine rings is 1. The second-order valence-electron chi connectivity index (χ2n) is 10.6. The number of anilines is 2. The molecule has 194 valence electrons. The number of nitrogens with zero attached hydrogens (tertiary/aromatic N) is 3. The smallest absolute Gasteiger partial charge is 0.481 e. The summed E-state index contributed by atoms with van der Waals surface area (Å²) in [7, 11) is 0. The molecule has 1 fully saturated rings. The molecule has 10 heteroatoms. The number of aryl methyl sites for hydroxylation is 2. The SMILES string of the molecule is Cc1cc2c(nc1CCC(=O)O)nc(Nc1ccc(OC(F)(F)F)cc1)n2C1CC(C)CC(C)(C)C1. The van der Waals surface area contributed by atoms with E-state index in [-0.39, 0.29) is 23.6 Å². The van der Waals surface area contributed by atoms with Crippen LogP contribution in [0.4, 0.5) is 24.8 Å². The number of benzene rings is 1. The Morgan fingerprint density at radius 1 is 1.22 bits per heavy atom. The normalized spacial score (nSPS) is 19.9. The van der Waals surface area contributed by atoms with Crippen molar-refractivity contribution in [2.75, 3.05) is 5.32 Å². The summed E-state index contributed by atoms with van der Waals surface area (Å²) in [5.74, 6) is -0.135. The summed E-state index contributed by atoms with van der Waals surface area (Å²) in [6, 6.07) is 7.67. The molecule has 2 N–H and O–H groups in total. The number of hydrogen-bond donors (Lipinski definition) is 2. The first-order chi connectivity index (χ1) is 16.8. The van der Waals surface area contributed by atoms with E-state index in [1.165, 1.54) is 24.3 Å². The molecule has 0 spiro atoms. The largest absolute Gasteiger partial charge is 0.573 e. The first kappa shape index (κ1) is 25.8. The maximum atomic E-state index is 12.5. The number of aromatic nitrogens is 3. The van der Waals surface area contributed by atoms with Crippen molar-refractivity contribution in [1.29, 1.82) is 0 Å². The van der Waals surface area contributed by atoms with Gasteiger partial charge in [-0.05, 0) is 73.4 Å². The summed E-state index contributed by atoms with van der Waals surface area (Å²) in [5, 5.41) is 12.4. The monoisotopic (exact) mass is 504 g/mol. The third-order valence-electron chi connectivity index (χ3n) is 6.63. The van der Waals surface area contributed by atoms with Gasteiger partial charge in [0.25, 0.3) is 0 Å². The van der Waals surface area contributed by atoms with Gasteiger partial charge in [0.1, 0.15) is 5.75 Å². The Morgan fingerprint density at radius 3 is 2.53 bits per heavy atom. The maximum Gasteiger partial charge on any atom is 0.573 e. The Labute approximate surface area is 207 Å². The first-order valence-corrected chi connectivity index (χ1v) is 12.0. The van der Waals surface area contributed by atoms with Gasteiger partial charge in [0, 0.05) is 23.8 Å². The van der Waals surface area contributed by atoms with Crippen molar-refractivity contribution in [3.63, 3.8) is 0 Å². The second-order valence-corrected chi connectivity index (χ2v) is 10.6. The molecule has 1 saturated carbocycles. The van der Waals surface area contributed by atoms with Crippen LogP contribution in [-0.2, 0) is 11.2 Å². The van der Waals surface area contributed by atoms with Gasteiger partial charge in [-0.2, -0.15) is 4.98 Å². The predicted octanol–water partition coefficient (Wildman–Crippen LogP) is 6.79. The molecule has 2 aromatic heterocycles. The number of carbonyl (C=O) groups is 1. The van der Waals surface area contributed by atoms with Gasteiger partial charge in [-0.15, -0.1) is 13.2 Å². The molecule has 1 aromatic carbocycles. The summed E-state index contributed by atoms with van der Waals surface area (Å²) in [6.07, 6.45) is -1.45.